The van der Waals surface area contributed by atoms with Crippen molar-refractivity contribution >= 4 is 23.3 Å². The molecular formula is C30H24BN3O2PtS. The molecule has 0 N–H and O–H groups in total. The largest absolute Gasteiger partial charge is 2.00 e. The van der Waals surface area contributed by atoms with Gasteiger partial charge in [0, 0.05) is 29.1 Å². The summed E-state index contributed by atoms with van der Waals surface area (Å²) in [5, 5.41) is 8.84. The Kier molecular flexibility index (Phi) is 7.51. The van der Waals surface area contributed by atoms with Gasteiger partial charge in [0.25, 0.3) is 0 Å². The molecule has 1 aromatic heterocycles. The van der Waals surface area contributed by atoms with Crippen molar-refractivity contribution in [2.45, 2.75) is 25.7 Å². The first-order valence-electron chi connectivity index (χ1n) is 12.1. The molecule has 8 heteroatoms. The van der Waals surface area contributed by atoms with Crippen LogP contribution in [0.4, 0.5) is 0 Å². The predicted octanol–water partition coefficient (Wildman–Crippen LogP) is 6.34. The maximum absolute atomic E-state index is 6.20. The van der Waals surface area contributed by atoms with E-state index < -0.39 is 0 Å². The molecule has 0 fully saturated rings. The van der Waals surface area contributed by atoms with Crippen molar-refractivity contribution in [3.05, 3.63) is 102 Å². The van der Waals surface area contributed by atoms with Crippen LogP contribution in [0.15, 0.2) is 77.7 Å². The first-order valence-corrected chi connectivity index (χ1v) is 13.0. The van der Waals surface area contributed by atoms with Gasteiger partial charge in [-0.25, -0.2) is 0 Å². The van der Waals surface area contributed by atoms with Crippen LogP contribution in [0.5, 0.6) is 17.2 Å². The van der Waals surface area contributed by atoms with Crippen molar-refractivity contribution in [2.75, 3.05) is 0 Å². The fraction of sp³-hybridized carbons (Fsp3) is 0.133. The van der Waals surface area contributed by atoms with Crippen LogP contribution >= 0.6 is 11.6 Å². The zero-order valence-corrected chi connectivity index (χ0v) is 24.5. The van der Waals surface area contributed by atoms with Crippen LogP contribution in [-0.2, 0) is 28.1 Å². The first-order chi connectivity index (χ1) is 18.0. The second kappa shape index (κ2) is 10.8. The predicted molar refractivity (Wildman–Crippen MR) is 149 cm³/mol. The number of nitrogens with zero attached hydrogens (tertiary/aromatic N) is 3. The number of hydrogen-bond donors (Lipinski definition) is 0. The topological polar surface area (TPSA) is 49.2 Å². The van der Waals surface area contributed by atoms with Gasteiger partial charge in [-0.1, -0.05) is 41.1 Å². The Hall–Kier alpha value is -3.28. The fourth-order valence-electron chi connectivity index (χ4n) is 4.82. The van der Waals surface area contributed by atoms with Gasteiger partial charge in [-0.15, -0.1) is 53.0 Å². The Morgan fingerprint density at radius 2 is 1.61 bits per heavy atom. The van der Waals surface area contributed by atoms with E-state index in [9.17, 15) is 0 Å². The van der Waals surface area contributed by atoms with E-state index in [-0.39, 0.29) is 27.3 Å². The van der Waals surface area contributed by atoms with Gasteiger partial charge in [-0.2, -0.15) is 17.2 Å². The second-order valence-corrected chi connectivity index (χ2v) is 10.3. The fourth-order valence-corrected chi connectivity index (χ4v) is 5.86. The quantitative estimate of drug-likeness (QED) is 0.159. The molecule has 0 saturated heterocycles. The Morgan fingerprint density at radius 1 is 0.895 bits per heavy atom. The zero-order valence-electron chi connectivity index (χ0n) is 21.4. The molecule has 0 amide bonds. The molecule has 190 valence electrons. The van der Waals surface area contributed by atoms with E-state index in [1.54, 1.807) is 11.6 Å². The average molecular weight is 696 g/mol. The van der Waals surface area contributed by atoms with E-state index >= 15 is 0 Å². The molecule has 5 nitrogen and oxygen atoms in total. The van der Waals surface area contributed by atoms with E-state index in [1.165, 1.54) is 16.7 Å². The minimum atomic E-state index is -0.153. The molecule has 2 heterocycles. The smallest absolute Gasteiger partial charge is 0.547 e. The van der Waals surface area contributed by atoms with Crippen LogP contribution in [0.1, 0.15) is 16.7 Å². The van der Waals surface area contributed by atoms with E-state index in [1.807, 2.05) is 66.3 Å². The Bertz CT molecular complexity index is 1590. The van der Waals surface area contributed by atoms with Crippen molar-refractivity contribution in [1.29, 1.82) is 0 Å². The van der Waals surface area contributed by atoms with Crippen LogP contribution in [-0.4, -0.2) is 21.2 Å². The van der Waals surface area contributed by atoms with Crippen LogP contribution < -0.4 is 14.9 Å². The summed E-state index contributed by atoms with van der Waals surface area (Å²) >= 11 is 1.67. The van der Waals surface area contributed by atoms with Crippen molar-refractivity contribution in [3.8, 4) is 39.8 Å². The van der Waals surface area contributed by atoms with Crippen LogP contribution in [0, 0.1) is 32.9 Å². The van der Waals surface area contributed by atoms with Crippen molar-refractivity contribution in [1.82, 2.24) is 15.0 Å². The number of hydrogen-bond acceptors (Lipinski definition) is 5. The van der Waals surface area contributed by atoms with E-state index in [0.29, 0.717) is 11.5 Å². The maximum Gasteiger partial charge on any atom is 2.00 e. The summed E-state index contributed by atoms with van der Waals surface area (Å²) in [5.74, 6) is 2.09. The summed E-state index contributed by atoms with van der Waals surface area (Å²) in [6.45, 7) is 6.37. The molecule has 0 radical (unpaired) electrons. The number of aromatic nitrogens is 3. The van der Waals surface area contributed by atoms with Gasteiger partial charge < -0.3 is 9.39 Å². The third-order valence-corrected chi connectivity index (χ3v) is 7.50. The Balaban J connectivity index is 0.00000294. The summed E-state index contributed by atoms with van der Waals surface area (Å²) in [5.41, 5.74) is 8.25. The minimum Gasteiger partial charge on any atom is -0.547 e. The van der Waals surface area contributed by atoms with Crippen molar-refractivity contribution in [2.24, 2.45) is 7.05 Å². The second-order valence-electron chi connectivity index (χ2n) is 9.20. The molecule has 4 aromatic carbocycles. The molecule has 0 atom stereocenters. The molecule has 0 saturated carbocycles. The van der Waals surface area contributed by atoms with Gasteiger partial charge in [-0.05, 0) is 49.6 Å². The molecule has 0 spiro atoms. The Morgan fingerprint density at radius 3 is 2.37 bits per heavy atom. The zero-order chi connectivity index (χ0) is 25.5. The number of benzene rings is 4. The summed E-state index contributed by atoms with van der Waals surface area (Å²) in [6, 6.07) is 30.9. The Labute approximate surface area is 241 Å². The van der Waals surface area contributed by atoms with Crippen LogP contribution in [0.3, 0.4) is 0 Å². The average Bonchev–Trinajstić information content (AvgIpc) is 3.48. The normalized spacial score (nSPS) is 12.1. The molecule has 0 bridgehead atoms. The van der Waals surface area contributed by atoms with Crippen LogP contribution in [0.2, 0.25) is 0 Å². The molecule has 0 unspecified atom stereocenters. The molecule has 0 aliphatic carbocycles. The molecule has 5 aromatic rings. The monoisotopic (exact) mass is 696 g/mol. The maximum atomic E-state index is 6.20. The standard InChI is InChI=1S/C30H24BN3O2S.Pt/c1-19-15-20(2)28(21(3)16-19)30-29(32-33-34(30)4)22-9-7-11-24(17-22)35-25-12-8-10-23(18-25)31-36-26-13-5-6-14-27(26)37-31;/h5-16H,1-4H3;/q-2;+2. The van der Waals surface area contributed by atoms with E-state index in [0.717, 1.165) is 38.6 Å². The van der Waals surface area contributed by atoms with Gasteiger partial charge in [0.05, 0.1) is 5.69 Å². The third-order valence-electron chi connectivity index (χ3n) is 6.35. The number of fused-ring (bicyclic) bond motifs is 1. The summed E-state index contributed by atoms with van der Waals surface area (Å²) in [6.07, 6.45) is -0.153. The number of para-hydroxylation sites is 1. The summed E-state index contributed by atoms with van der Waals surface area (Å²) in [4.78, 5) is 1.13. The van der Waals surface area contributed by atoms with Crippen LogP contribution in [0.25, 0.3) is 22.5 Å². The van der Waals surface area contributed by atoms with Gasteiger partial charge in [0.2, 0.25) is 0 Å². The summed E-state index contributed by atoms with van der Waals surface area (Å²) in [7, 11) is 1.92. The number of rotatable bonds is 5. The van der Waals surface area contributed by atoms with Gasteiger partial charge in [0.15, 0.2) is 0 Å². The van der Waals surface area contributed by atoms with Crippen molar-refractivity contribution in [3.63, 3.8) is 0 Å². The first kappa shape index (κ1) is 26.3. The van der Waals surface area contributed by atoms with Gasteiger partial charge in [0.1, 0.15) is 5.75 Å². The molecule has 38 heavy (non-hydrogen) atoms. The molecule has 6 rings (SSSR count). The molecular weight excluding hydrogens is 672 g/mol. The van der Waals surface area contributed by atoms with Gasteiger partial charge >= 0.3 is 27.3 Å². The third kappa shape index (κ3) is 5.05. The van der Waals surface area contributed by atoms with E-state index in [2.05, 4.69) is 61.4 Å². The summed E-state index contributed by atoms with van der Waals surface area (Å²) < 4.78 is 14.1. The van der Waals surface area contributed by atoms with Gasteiger partial charge in [-0.3, -0.25) is 4.68 Å². The number of aryl methyl sites for hydroxylation is 4. The molecule has 1 aliphatic heterocycles. The minimum absolute atomic E-state index is 0. The van der Waals surface area contributed by atoms with Crippen molar-refractivity contribution < 1.29 is 30.5 Å². The van der Waals surface area contributed by atoms with E-state index in [4.69, 9.17) is 9.39 Å². The molecule has 1 aliphatic rings. The number of ether oxygens (including phenoxy) is 1. The SMILES string of the molecule is Cc1cc(C)c(-c2c(-c3[c-]c(Oc4[c-]c(B5Oc6ccccc6S5)ccc4)ccc3)nnn2C)c(C)c1.[Pt+2].